The largest absolute Gasteiger partial charge is 0.497 e. The summed E-state index contributed by atoms with van der Waals surface area (Å²) in [5.41, 5.74) is 0.935. The maximum Gasteiger partial charge on any atom is 0.215 e. The van der Waals surface area contributed by atoms with Crippen LogP contribution in [-0.2, 0) is 0 Å². The number of benzene rings is 1. The number of methoxy groups -OCH3 is 2. The van der Waals surface area contributed by atoms with Gasteiger partial charge in [0.05, 0.1) is 24.8 Å². The number of nitrogens with zero attached hydrogens (tertiary/aromatic N) is 1. The number of rotatable bonds is 4. The molecule has 0 amide bonds. The quantitative estimate of drug-likeness (QED) is 0.796. The minimum absolute atomic E-state index is 0.140. The Bertz CT molecular complexity index is 577. The molecular formula is C13H13NO3S. The van der Waals surface area contributed by atoms with Gasteiger partial charge in [-0.05, 0) is 19.1 Å². The molecule has 0 unspecified atom stereocenters. The number of aryl methyl sites for hydroxylation is 1. The molecule has 0 radical (unpaired) electrons. The molecule has 0 spiro atoms. The summed E-state index contributed by atoms with van der Waals surface area (Å²) >= 11 is 1.45. The Morgan fingerprint density at radius 1 is 1.28 bits per heavy atom. The minimum Gasteiger partial charge on any atom is -0.497 e. The maximum atomic E-state index is 12.3. The number of carbonyl (C=O) groups is 1. The first-order chi connectivity index (χ1) is 8.65. The fraction of sp³-hybridized carbons (Fsp3) is 0.231. The van der Waals surface area contributed by atoms with Crippen LogP contribution in [-0.4, -0.2) is 25.0 Å². The Kier molecular flexibility index (Phi) is 3.62. The lowest BCUT2D eigenvalue weighted by Gasteiger charge is -2.08. The predicted octanol–water partition coefficient (Wildman–Crippen LogP) is 2.70. The summed E-state index contributed by atoms with van der Waals surface area (Å²) in [6.45, 7) is 1.87. The standard InChI is InChI=1S/C13H13NO3S/c1-8-14-11(7-18-8)13(15)10-5-4-9(16-2)6-12(10)17-3/h4-7H,1-3H3. The second kappa shape index (κ2) is 5.18. The van der Waals surface area contributed by atoms with Crippen molar-refractivity contribution < 1.29 is 14.3 Å². The molecule has 2 rings (SSSR count). The third-order valence-corrected chi connectivity index (χ3v) is 3.28. The van der Waals surface area contributed by atoms with Crippen molar-refractivity contribution in [2.75, 3.05) is 14.2 Å². The number of ether oxygens (including phenoxy) is 2. The summed E-state index contributed by atoms with van der Waals surface area (Å²) in [5.74, 6) is 1.00. The van der Waals surface area contributed by atoms with Gasteiger partial charge >= 0.3 is 0 Å². The van der Waals surface area contributed by atoms with E-state index in [1.54, 1.807) is 30.7 Å². The fourth-order valence-corrected chi connectivity index (χ4v) is 2.18. The highest BCUT2D eigenvalue weighted by atomic mass is 32.1. The van der Waals surface area contributed by atoms with Crippen LogP contribution in [0.1, 0.15) is 21.1 Å². The van der Waals surface area contributed by atoms with E-state index in [1.165, 1.54) is 18.4 Å². The first-order valence-electron chi connectivity index (χ1n) is 5.34. The van der Waals surface area contributed by atoms with Crippen LogP contribution >= 0.6 is 11.3 Å². The third kappa shape index (κ3) is 2.36. The van der Waals surface area contributed by atoms with Crippen molar-refractivity contribution in [2.24, 2.45) is 0 Å². The number of thiazole rings is 1. The number of aromatic nitrogens is 1. The van der Waals surface area contributed by atoms with E-state index < -0.39 is 0 Å². The van der Waals surface area contributed by atoms with Crippen molar-refractivity contribution >= 4 is 17.1 Å². The second-order valence-corrected chi connectivity index (χ2v) is 4.71. The Morgan fingerprint density at radius 3 is 2.61 bits per heavy atom. The van der Waals surface area contributed by atoms with Gasteiger partial charge in [-0.25, -0.2) is 4.98 Å². The molecule has 1 aromatic carbocycles. The van der Waals surface area contributed by atoms with Gasteiger partial charge in [0.25, 0.3) is 0 Å². The zero-order valence-corrected chi connectivity index (χ0v) is 11.2. The Balaban J connectivity index is 2.41. The van der Waals surface area contributed by atoms with Crippen LogP contribution in [0, 0.1) is 6.92 Å². The predicted molar refractivity (Wildman–Crippen MR) is 69.8 cm³/mol. The zero-order valence-electron chi connectivity index (χ0n) is 10.4. The SMILES string of the molecule is COc1ccc(C(=O)c2csc(C)n2)c(OC)c1. The van der Waals surface area contributed by atoms with Gasteiger partial charge in [-0.2, -0.15) is 0 Å². The van der Waals surface area contributed by atoms with Gasteiger partial charge < -0.3 is 9.47 Å². The first-order valence-corrected chi connectivity index (χ1v) is 6.22. The van der Waals surface area contributed by atoms with Crippen LogP contribution in [0.25, 0.3) is 0 Å². The van der Waals surface area contributed by atoms with Crippen molar-refractivity contribution in [1.82, 2.24) is 4.98 Å². The Morgan fingerprint density at radius 2 is 2.06 bits per heavy atom. The Hall–Kier alpha value is -1.88. The van der Waals surface area contributed by atoms with E-state index in [0.29, 0.717) is 22.8 Å². The highest BCUT2D eigenvalue weighted by Gasteiger charge is 2.17. The van der Waals surface area contributed by atoms with Crippen LogP contribution in [0.15, 0.2) is 23.6 Å². The van der Waals surface area contributed by atoms with Crippen LogP contribution in [0.3, 0.4) is 0 Å². The van der Waals surface area contributed by atoms with Crippen molar-refractivity contribution in [2.45, 2.75) is 6.92 Å². The summed E-state index contributed by atoms with van der Waals surface area (Å²) in [6.07, 6.45) is 0. The molecule has 0 aliphatic carbocycles. The Labute approximate surface area is 109 Å². The van der Waals surface area contributed by atoms with Crippen LogP contribution in [0.5, 0.6) is 11.5 Å². The van der Waals surface area contributed by atoms with E-state index in [2.05, 4.69) is 4.98 Å². The monoisotopic (exact) mass is 263 g/mol. The van der Waals surface area contributed by atoms with Gasteiger partial charge in [0, 0.05) is 11.4 Å². The molecule has 0 saturated carbocycles. The molecule has 0 saturated heterocycles. The van der Waals surface area contributed by atoms with Crippen molar-refractivity contribution in [3.05, 3.63) is 39.8 Å². The van der Waals surface area contributed by atoms with Crippen LogP contribution < -0.4 is 9.47 Å². The molecule has 0 aliphatic heterocycles. The molecular weight excluding hydrogens is 250 g/mol. The molecule has 18 heavy (non-hydrogen) atoms. The van der Waals surface area contributed by atoms with Gasteiger partial charge in [-0.3, -0.25) is 4.79 Å². The van der Waals surface area contributed by atoms with Gasteiger partial charge in [-0.1, -0.05) is 0 Å². The first kappa shape index (κ1) is 12.6. The molecule has 0 N–H and O–H groups in total. The third-order valence-electron chi connectivity index (χ3n) is 2.50. The highest BCUT2D eigenvalue weighted by molar-refractivity contribution is 7.09. The lowest BCUT2D eigenvalue weighted by molar-refractivity contribution is 0.103. The lowest BCUT2D eigenvalue weighted by atomic mass is 10.1. The van der Waals surface area contributed by atoms with Crippen LogP contribution in [0.4, 0.5) is 0 Å². The van der Waals surface area contributed by atoms with Gasteiger partial charge in [0.15, 0.2) is 0 Å². The van der Waals surface area contributed by atoms with E-state index in [-0.39, 0.29) is 5.78 Å². The zero-order chi connectivity index (χ0) is 13.1. The molecule has 1 heterocycles. The van der Waals surface area contributed by atoms with E-state index in [9.17, 15) is 4.79 Å². The van der Waals surface area contributed by atoms with Crippen LogP contribution in [0.2, 0.25) is 0 Å². The second-order valence-electron chi connectivity index (χ2n) is 3.65. The molecule has 0 atom stereocenters. The van der Waals surface area contributed by atoms with Gasteiger partial charge in [0.2, 0.25) is 5.78 Å². The molecule has 0 aliphatic rings. The van der Waals surface area contributed by atoms with E-state index in [4.69, 9.17) is 9.47 Å². The molecule has 5 heteroatoms. The fourth-order valence-electron chi connectivity index (χ4n) is 1.59. The smallest absolute Gasteiger partial charge is 0.215 e. The number of hydrogen-bond acceptors (Lipinski definition) is 5. The lowest BCUT2D eigenvalue weighted by Crippen LogP contribution is -2.04. The molecule has 94 valence electrons. The number of ketones is 1. The molecule has 0 fully saturated rings. The van der Waals surface area contributed by atoms with E-state index in [0.717, 1.165) is 5.01 Å². The van der Waals surface area contributed by atoms with Gasteiger partial charge in [0.1, 0.15) is 17.2 Å². The highest BCUT2D eigenvalue weighted by Crippen LogP contribution is 2.26. The maximum absolute atomic E-state index is 12.3. The van der Waals surface area contributed by atoms with E-state index in [1.807, 2.05) is 6.92 Å². The number of hydrogen-bond donors (Lipinski definition) is 0. The summed E-state index contributed by atoms with van der Waals surface area (Å²) in [6, 6.07) is 5.11. The van der Waals surface area contributed by atoms with Gasteiger partial charge in [-0.15, -0.1) is 11.3 Å². The van der Waals surface area contributed by atoms with E-state index >= 15 is 0 Å². The average Bonchev–Trinajstić information content (AvgIpc) is 2.83. The van der Waals surface area contributed by atoms with Crippen molar-refractivity contribution in [1.29, 1.82) is 0 Å². The topological polar surface area (TPSA) is 48.4 Å². The molecule has 0 bridgehead atoms. The summed E-state index contributed by atoms with van der Waals surface area (Å²) in [4.78, 5) is 16.4. The van der Waals surface area contributed by atoms with Crippen molar-refractivity contribution in [3.63, 3.8) is 0 Å². The molecule has 4 nitrogen and oxygen atoms in total. The van der Waals surface area contributed by atoms with Crippen molar-refractivity contribution in [3.8, 4) is 11.5 Å². The average molecular weight is 263 g/mol. The minimum atomic E-state index is -0.140. The summed E-state index contributed by atoms with van der Waals surface area (Å²) < 4.78 is 10.3. The summed E-state index contributed by atoms with van der Waals surface area (Å²) in [5, 5.41) is 2.62. The molecule has 2 aromatic rings. The summed E-state index contributed by atoms with van der Waals surface area (Å²) in [7, 11) is 3.10. The molecule has 1 aromatic heterocycles. The number of carbonyl (C=O) groups excluding carboxylic acids is 1. The normalized spacial score (nSPS) is 10.2.